The molecule has 0 aliphatic rings. The Morgan fingerprint density at radius 3 is 1.62 bits per heavy atom. The van der Waals surface area contributed by atoms with E-state index < -0.39 is 5.82 Å². The Hall–Kier alpha value is -2.61. The minimum Gasteiger partial charge on any atom is -0.505 e. The van der Waals surface area contributed by atoms with Gasteiger partial charge in [0, 0.05) is 0 Å². The third-order valence-electron chi connectivity index (χ3n) is 3.55. The van der Waals surface area contributed by atoms with Crippen molar-refractivity contribution in [1.29, 1.82) is 0 Å². The predicted molar refractivity (Wildman–Crippen MR) is 83.7 cm³/mol. The van der Waals surface area contributed by atoms with Crippen LogP contribution in [0.5, 0.6) is 5.75 Å². The van der Waals surface area contributed by atoms with Crippen LogP contribution in [0.4, 0.5) is 4.39 Å². The van der Waals surface area contributed by atoms with Crippen molar-refractivity contribution in [2.75, 3.05) is 0 Å². The van der Waals surface area contributed by atoms with Gasteiger partial charge in [-0.05, 0) is 41.3 Å². The average Bonchev–Trinajstić information content (AvgIpc) is 2.51. The Balaban J connectivity index is 1.93. The Labute approximate surface area is 123 Å². The van der Waals surface area contributed by atoms with Gasteiger partial charge < -0.3 is 5.11 Å². The number of aryl methyl sites for hydroxylation is 1. The van der Waals surface area contributed by atoms with Crippen molar-refractivity contribution >= 4 is 0 Å². The van der Waals surface area contributed by atoms with E-state index in [1.165, 1.54) is 17.7 Å². The van der Waals surface area contributed by atoms with Crippen molar-refractivity contribution in [1.82, 2.24) is 0 Å². The zero-order chi connectivity index (χ0) is 14.8. The lowest BCUT2D eigenvalue weighted by Crippen LogP contribution is -1.83. The largest absolute Gasteiger partial charge is 0.505 e. The summed E-state index contributed by atoms with van der Waals surface area (Å²) in [6.07, 6.45) is 0. The van der Waals surface area contributed by atoms with E-state index in [0.717, 1.165) is 22.3 Å². The molecule has 0 spiro atoms. The highest BCUT2D eigenvalue weighted by Crippen LogP contribution is 2.27. The molecule has 3 aromatic rings. The van der Waals surface area contributed by atoms with Gasteiger partial charge in [0.15, 0.2) is 11.6 Å². The number of aromatic hydroxyl groups is 1. The van der Waals surface area contributed by atoms with E-state index in [0.29, 0.717) is 0 Å². The van der Waals surface area contributed by atoms with Gasteiger partial charge in [0.2, 0.25) is 0 Å². The standard InChI is InChI=1S/C19H15FO/c1-13-2-4-14(5-3-13)15-6-8-16(9-7-15)17-10-11-19(21)18(20)12-17/h2-12,21H,1H3. The van der Waals surface area contributed by atoms with E-state index in [-0.39, 0.29) is 5.75 Å². The van der Waals surface area contributed by atoms with Crippen LogP contribution in [0.15, 0.2) is 66.7 Å². The zero-order valence-electron chi connectivity index (χ0n) is 11.7. The van der Waals surface area contributed by atoms with Crippen LogP contribution in [0.2, 0.25) is 0 Å². The number of phenolic OH excluding ortho intramolecular Hbond substituents is 1. The minimum atomic E-state index is -0.602. The molecular formula is C19H15FO. The zero-order valence-corrected chi connectivity index (χ0v) is 11.7. The number of benzene rings is 3. The van der Waals surface area contributed by atoms with Gasteiger partial charge in [-0.25, -0.2) is 4.39 Å². The third kappa shape index (κ3) is 2.79. The van der Waals surface area contributed by atoms with Gasteiger partial charge in [-0.3, -0.25) is 0 Å². The Kier molecular flexibility index (Phi) is 3.44. The van der Waals surface area contributed by atoms with Gasteiger partial charge in [0.05, 0.1) is 0 Å². The number of phenols is 1. The molecule has 0 bridgehead atoms. The van der Waals surface area contributed by atoms with E-state index in [4.69, 9.17) is 0 Å². The molecule has 1 N–H and O–H groups in total. The highest BCUT2D eigenvalue weighted by atomic mass is 19.1. The van der Waals surface area contributed by atoms with Gasteiger partial charge in [0.25, 0.3) is 0 Å². The summed E-state index contributed by atoms with van der Waals surface area (Å²) < 4.78 is 13.4. The maximum atomic E-state index is 13.4. The van der Waals surface area contributed by atoms with Gasteiger partial charge in [0.1, 0.15) is 0 Å². The molecule has 0 radical (unpaired) electrons. The second-order valence-electron chi connectivity index (χ2n) is 5.11. The van der Waals surface area contributed by atoms with Gasteiger partial charge in [-0.1, -0.05) is 60.2 Å². The minimum absolute atomic E-state index is 0.324. The lowest BCUT2D eigenvalue weighted by Gasteiger charge is -2.06. The molecule has 0 saturated heterocycles. The molecule has 3 rings (SSSR count). The molecule has 0 aromatic heterocycles. The molecule has 21 heavy (non-hydrogen) atoms. The topological polar surface area (TPSA) is 20.2 Å². The van der Waals surface area contributed by atoms with Gasteiger partial charge in [-0.2, -0.15) is 0 Å². The highest BCUT2D eigenvalue weighted by Gasteiger charge is 2.04. The molecule has 104 valence electrons. The lowest BCUT2D eigenvalue weighted by atomic mass is 9.99. The van der Waals surface area contributed by atoms with Crippen LogP contribution in [-0.2, 0) is 0 Å². The van der Waals surface area contributed by atoms with Gasteiger partial charge in [-0.15, -0.1) is 0 Å². The first-order valence-electron chi connectivity index (χ1n) is 6.79. The number of halogens is 1. The summed E-state index contributed by atoms with van der Waals surface area (Å²) in [7, 11) is 0. The summed E-state index contributed by atoms with van der Waals surface area (Å²) in [5.74, 6) is -0.926. The van der Waals surface area contributed by atoms with Crippen LogP contribution < -0.4 is 0 Å². The molecule has 0 aliphatic heterocycles. The number of hydrogen-bond donors (Lipinski definition) is 1. The first-order valence-corrected chi connectivity index (χ1v) is 6.79. The normalized spacial score (nSPS) is 10.6. The summed E-state index contributed by atoms with van der Waals surface area (Å²) in [5, 5.41) is 9.23. The molecule has 0 amide bonds. The molecule has 2 heteroatoms. The van der Waals surface area contributed by atoms with Crippen molar-refractivity contribution in [3.8, 4) is 28.0 Å². The predicted octanol–water partition coefficient (Wildman–Crippen LogP) is 5.17. The van der Waals surface area contributed by atoms with Crippen LogP contribution in [0.1, 0.15) is 5.56 Å². The number of rotatable bonds is 2. The van der Waals surface area contributed by atoms with Crippen LogP contribution >= 0.6 is 0 Å². The fourth-order valence-electron chi connectivity index (χ4n) is 2.29. The SMILES string of the molecule is Cc1ccc(-c2ccc(-c3ccc(O)c(F)c3)cc2)cc1. The third-order valence-corrected chi connectivity index (χ3v) is 3.55. The lowest BCUT2D eigenvalue weighted by molar-refractivity contribution is 0.432. The van der Waals surface area contributed by atoms with Crippen molar-refractivity contribution < 1.29 is 9.50 Å². The smallest absolute Gasteiger partial charge is 0.165 e. The Bertz CT molecular complexity index is 759. The molecular weight excluding hydrogens is 263 g/mol. The van der Waals surface area contributed by atoms with E-state index in [1.807, 2.05) is 24.3 Å². The highest BCUT2D eigenvalue weighted by molar-refractivity contribution is 5.70. The van der Waals surface area contributed by atoms with Crippen molar-refractivity contribution in [2.45, 2.75) is 6.92 Å². The van der Waals surface area contributed by atoms with Crippen molar-refractivity contribution in [2.24, 2.45) is 0 Å². The van der Waals surface area contributed by atoms with Gasteiger partial charge >= 0.3 is 0 Å². The molecule has 0 atom stereocenters. The molecule has 0 aliphatic carbocycles. The summed E-state index contributed by atoms with van der Waals surface area (Å²) in [4.78, 5) is 0. The molecule has 0 saturated carbocycles. The van der Waals surface area contributed by atoms with E-state index in [9.17, 15) is 9.50 Å². The molecule has 0 heterocycles. The van der Waals surface area contributed by atoms with Crippen LogP contribution in [0.3, 0.4) is 0 Å². The quantitative estimate of drug-likeness (QED) is 0.685. The number of hydrogen-bond acceptors (Lipinski definition) is 1. The molecule has 0 unspecified atom stereocenters. The molecule has 1 nitrogen and oxygen atoms in total. The average molecular weight is 278 g/mol. The van der Waals surface area contributed by atoms with E-state index >= 15 is 0 Å². The van der Waals surface area contributed by atoms with Crippen molar-refractivity contribution in [3.05, 3.63) is 78.1 Å². The summed E-state index contributed by atoms with van der Waals surface area (Å²) >= 11 is 0. The summed E-state index contributed by atoms with van der Waals surface area (Å²) in [6, 6.07) is 20.7. The van der Waals surface area contributed by atoms with Crippen molar-refractivity contribution in [3.63, 3.8) is 0 Å². The van der Waals surface area contributed by atoms with E-state index in [1.54, 1.807) is 6.07 Å². The fourth-order valence-corrected chi connectivity index (χ4v) is 2.29. The Morgan fingerprint density at radius 2 is 1.10 bits per heavy atom. The monoisotopic (exact) mass is 278 g/mol. The molecule has 3 aromatic carbocycles. The first kappa shape index (κ1) is 13.4. The van der Waals surface area contributed by atoms with E-state index in [2.05, 4.69) is 31.2 Å². The van der Waals surface area contributed by atoms with Crippen LogP contribution in [0.25, 0.3) is 22.3 Å². The second-order valence-corrected chi connectivity index (χ2v) is 5.11. The maximum absolute atomic E-state index is 13.4. The maximum Gasteiger partial charge on any atom is 0.165 e. The summed E-state index contributed by atoms with van der Waals surface area (Å²) in [6.45, 7) is 2.06. The summed E-state index contributed by atoms with van der Waals surface area (Å²) in [5.41, 5.74) is 5.18. The first-order chi connectivity index (χ1) is 10.1. The van der Waals surface area contributed by atoms with Crippen LogP contribution in [0, 0.1) is 12.7 Å². The molecule has 0 fully saturated rings. The fraction of sp³-hybridized carbons (Fsp3) is 0.0526. The van der Waals surface area contributed by atoms with Crippen LogP contribution in [-0.4, -0.2) is 5.11 Å². The Morgan fingerprint density at radius 1 is 0.667 bits per heavy atom. The second kappa shape index (κ2) is 5.41.